The Balaban J connectivity index is 0.000000157. The van der Waals surface area contributed by atoms with Crippen LogP contribution in [0.15, 0.2) is 72.8 Å². The number of rotatable bonds is 9. The second-order valence-electron chi connectivity index (χ2n) is 24.9. The van der Waals surface area contributed by atoms with Crippen LogP contribution in [0.4, 0.5) is 17.6 Å². The number of fused-ring (bicyclic) bond motifs is 4. The molecule has 4 aromatic carbocycles. The van der Waals surface area contributed by atoms with Crippen molar-refractivity contribution in [2.75, 3.05) is 0 Å². The minimum absolute atomic E-state index is 0.00209. The zero-order valence-electron chi connectivity index (χ0n) is 52.8. The maximum Gasteiger partial charge on any atom is 0.488 e. The van der Waals surface area contributed by atoms with Gasteiger partial charge in [-0.2, -0.15) is 20.4 Å². The maximum absolute atomic E-state index is 13.5. The number of carbonyl (C=O) groups is 5. The number of nitrogens with one attached hydrogen (secondary N) is 1. The van der Waals surface area contributed by atoms with E-state index in [1.54, 1.807) is 26.4 Å². The lowest BCUT2D eigenvalue weighted by molar-refractivity contribution is -0.137. The van der Waals surface area contributed by atoms with Crippen LogP contribution >= 0.6 is 69.0 Å². The molecule has 11 N–H and O–H groups in total. The summed E-state index contributed by atoms with van der Waals surface area (Å²) in [5.41, 5.74) is 29.8. The topological polar surface area (TPSA) is 316 Å². The van der Waals surface area contributed by atoms with Crippen molar-refractivity contribution >= 4 is 111 Å². The van der Waals surface area contributed by atoms with Crippen molar-refractivity contribution in [1.82, 2.24) is 49.3 Å². The van der Waals surface area contributed by atoms with E-state index in [-0.39, 0.29) is 67.0 Å². The Kier molecular flexibility index (Phi) is 23.8. The van der Waals surface area contributed by atoms with Gasteiger partial charge >= 0.3 is 7.12 Å². The molecule has 31 heteroatoms. The number of primary amides is 4. The quantitative estimate of drug-likeness (QED) is 0.0403. The Labute approximate surface area is 579 Å². The number of hydrogen-bond acceptors (Lipinski definition) is 12. The van der Waals surface area contributed by atoms with Crippen molar-refractivity contribution in [3.8, 4) is 33.8 Å². The van der Waals surface area contributed by atoms with Gasteiger partial charge in [-0.05, 0) is 152 Å². The fourth-order valence-electron chi connectivity index (χ4n) is 11.3. The lowest BCUT2D eigenvalue weighted by atomic mass is 9.80. The molecule has 12 rings (SSSR count). The maximum atomic E-state index is 13.5. The van der Waals surface area contributed by atoms with Crippen molar-refractivity contribution in [2.24, 2.45) is 40.2 Å². The second-order valence-corrected chi connectivity index (χ2v) is 27.6. The van der Waals surface area contributed by atoms with Crippen molar-refractivity contribution in [3.63, 3.8) is 0 Å². The molecule has 5 amide bonds. The van der Waals surface area contributed by atoms with E-state index < -0.39 is 48.1 Å². The van der Waals surface area contributed by atoms with Gasteiger partial charge < -0.3 is 43.2 Å². The predicted molar refractivity (Wildman–Crippen MR) is 363 cm³/mol. The molecule has 4 aliphatic heterocycles. The Bertz CT molecular complexity index is 4130. The molecular weight excluding hydrogens is 1430 g/mol. The largest absolute Gasteiger partial charge is 0.488 e. The first-order valence-corrected chi connectivity index (χ1v) is 32.6. The van der Waals surface area contributed by atoms with Crippen LogP contribution in [0, 0.1) is 44.2 Å². The van der Waals surface area contributed by atoms with Crippen molar-refractivity contribution in [3.05, 3.63) is 165 Å². The molecule has 0 fully saturated rings. The molecular formula is C64H70BCl4F4IN14O7. The van der Waals surface area contributed by atoms with Gasteiger partial charge in [0.2, 0.25) is 5.91 Å². The molecule has 0 aliphatic carbocycles. The lowest BCUT2D eigenvalue weighted by Crippen LogP contribution is -2.46. The minimum Gasteiger partial charge on any atom is -0.423 e. The number of amides is 5. The Morgan fingerprint density at radius 2 is 0.937 bits per heavy atom. The average Bonchev–Trinajstić information content (AvgIpc) is 1.65. The molecule has 4 atom stereocenters. The molecule has 21 nitrogen and oxygen atoms in total. The average molecular weight is 1500 g/mol. The van der Waals surface area contributed by atoms with Crippen LogP contribution in [-0.2, 0) is 56.9 Å². The third kappa shape index (κ3) is 17.4. The summed E-state index contributed by atoms with van der Waals surface area (Å²) < 4.78 is 60.6. The molecule has 95 heavy (non-hydrogen) atoms. The van der Waals surface area contributed by atoms with Gasteiger partial charge in [0, 0.05) is 54.8 Å². The van der Waals surface area contributed by atoms with Crippen LogP contribution in [0.3, 0.4) is 0 Å². The summed E-state index contributed by atoms with van der Waals surface area (Å²) in [6.45, 7) is 17.8. The van der Waals surface area contributed by atoms with E-state index in [0.717, 1.165) is 65.6 Å². The van der Waals surface area contributed by atoms with E-state index in [4.69, 9.17) is 79.4 Å². The van der Waals surface area contributed by atoms with Crippen LogP contribution in [0.1, 0.15) is 132 Å². The highest BCUT2D eigenvalue weighted by atomic mass is 127. The van der Waals surface area contributed by atoms with Crippen LogP contribution in [0.25, 0.3) is 33.8 Å². The van der Waals surface area contributed by atoms with Crippen molar-refractivity contribution in [2.45, 2.75) is 132 Å². The van der Waals surface area contributed by atoms with Crippen LogP contribution < -0.4 is 33.7 Å². The summed E-state index contributed by atoms with van der Waals surface area (Å²) in [5, 5.41) is 38.1. The number of carbonyl (C=O) groups excluding carboxylic acids is 5. The van der Waals surface area contributed by atoms with Gasteiger partial charge in [0.25, 0.3) is 23.6 Å². The lowest BCUT2D eigenvalue weighted by Gasteiger charge is -2.35. The van der Waals surface area contributed by atoms with E-state index in [1.807, 2.05) is 44.0 Å². The molecule has 0 radical (unpaired) electrons. The van der Waals surface area contributed by atoms with E-state index in [1.165, 1.54) is 54.6 Å². The Hall–Kier alpha value is -7.38. The summed E-state index contributed by atoms with van der Waals surface area (Å²) in [4.78, 5) is 61.6. The van der Waals surface area contributed by atoms with Gasteiger partial charge in [-0.15, -0.1) is 0 Å². The molecule has 4 aromatic heterocycles. The molecule has 0 saturated carbocycles. The zero-order valence-corrected chi connectivity index (χ0v) is 57.9. The second kappa shape index (κ2) is 30.8. The Morgan fingerprint density at radius 3 is 1.35 bits per heavy atom. The number of aromatic nitrogens is 8. The molecule has 8 aromatic rings. The van der Waals surface area contributed by atoms with Crippen LogP contribution in [0.5, 0.6) is 0 Å². The van der Waals surface area contributed by atoms with Gasteiger partial charge in [0.1, 0.15) is 44.1 Å². The van der Waals surface area contributed by atoms with Crippen LogP contribution in [0.2, 0.25) is 20.1 Å². The third-order valence-corrected chi connectivity index (χ3v) is 18.0. The normalized spacial score (nSPS) is 16.9. The smallest absolute Gasteiger partial charge is 0.423 e. The zero-order chi connectivity index (χ0) is 69.8. The number of benzene rings is 4. The summed E-state index contributed by atoms with van der Waals surface area (Å²) >= 11 is 25.0. The van der Waals surface area contributed by atoms with E-state index >= 15 is 0 Å². The van der Waals surface area contributed by atoms with Gasteiger partial charge in [0.15, 0.2) is 0 Å². The molecule has 4 aliphatic rings. The summed E-state index contributed by atoms with van der Waals surface area (Å²) in [5.74, 6) is -3.04. The highest BCUT2D eigenvalue weighted by Crippen LogP contribution is 2.36. The summed E-state index contributed by atoms with van der Waals surface area (Å²) in [6.07, 6.45) is 4.19. The summed E-state index contributed by atoms with van der Waals surface area (Å²) in [6, 6.07) is 16.4. The van der Waals surface area contributed by atoms with Gasteiger partial charge in [-0.3, -0.25) is 42.7 Å². The first-order chi connectivity index (χ1) is 44.6. The molecule has 4 unspecified atom stereocenters. The van der Waals surface area contributed by atoms with E-state index in [9.17, 15) is 41.5 Å². The fraction of sp³-hybridized carbons (Fsp3) is 0.359. The SMILES string of the molecule is CC1CCc2c(C(N)=O)c(-c3ccc(F)c(Cl)c3)nn2C1.CC1CCc2c(C(N)=O)c(I)nn2C1.CC1Cn2nc(-c3ccc(F)c(Cl)c3)c(C(N)=O)c2CN1.CC1Cn2nc(-c3ccc(F)c(Cl)c3)c(C(N)=O)c2CN1C(=O)CC(C)(C)C.OB(O)c1ccc(F)c(Cl)c1. The van der Waals surface area contributed by atoms with E-state index in [2.05, 4.69) is 62.1 Å². The summed E-state index contributed by atoms with van der Waals surface area (Å²) in [7, 11) is -1.60. The highest BCUT2D eigenvalue weighted by Gasteiger charge is 2.35. The molecule has 0 saturated heterocycles. The number of nitrogens with two attached hydrogens (primary N) is 4. The van der Waals surface area contributed by atoms with E-state index in [0.29, 0.717) is 94.0 Å². The van der Waals surface area contributed by atoms with Gasteiger partial charge in [-0.25, -0.2) is 17.6 Å². The highest BCUT2D eigenvalue weighted by molar-refractivity contribution is 14.1. The van der Waals surface area contributed by atoms with Gasteiger partial charge in [0.05, 0.1) is 84.8 Å². The van der Waals surface area contributed by atoms with Crippen LogP contribution in [-0.4, -0.2) is 103 Å². The minimum atomic E-state index is -1.60. The standard InChI is InChI=1S/C20H24ClFN4O2.C15H15ClFN3O.C14H14ClFN4O.C9H12IN3O.C6H5BClFO2/c1-11-9-26-15(10-25(11)16(27)8-20(2,3)4)17(19(23)28)18(24-26)12-5-6-14(22)13(21)7-12;1-8-2-5-12-13(15(18)21)14(19-20(12)7-8)9-3-4-11(17)10(16)6-9;1-7-6-20-11(5-18-7)12(14(17)21)13(19-20)8-2-3-10(16)9(15)4-8;1-5-2-3-6-7(9(11)14)8(10)12-13(6)4-5;8-5-3-4(7(10)11)1-2-6(5)9/h5-7,11H,8-10H2,1-4H3,(H2,23,28);3-4,6,8H,2,5,7H2,1H3,(H2,18,21);2-4,7,18H,5-6H2,1H3,(H2,17,21);5H,2-4H2,1H3,(H2,11,14);1-3,10-11H. The van der Waals surface area contributed by atoms with Crippen molar-refractivity contribution in [1.29, 1.82) is 0 Å². The third-order valence-electron chi connectivity index (χ3n) is 16.1. The number of halogens is 9. The fourth-order valence-corrected chi connectivity index (χ4v) is 12.9. The molecule has 0 bridgehead atoms. The first-order valence-electron chi connectivity index (χ1n) is 30.1. The molecule has 8 heterocycles. The number of hydrogen-bond donors (Lipinski definition) is 7. The Morgan fingerprint density at radius 1 is 0.558 bits per heavy atom. The number of nitrogens with zero attached hydrogens (tertiary/aromatic N) is 9. The van der Waals surface area contributed by atoms with Gasteiger partial charge in [-0.1, -0.05) is 87.1 Å². The first kappa shape index (κ1) is 73.4. The monoisotopic (exact) mass is 1500 g/mol. The predicted octanol–water partition coefficient (Wildman–Crippen LogP) is 9.89. The van der Waals surface area contributed by atoms with Crippen molar-refractivity contribution < 1.29 is 51.6 Å². The molecule has 504 valence electrons. The molecule has 0 spiro atoms.